The molecule has 0 aliphatic carbocycles. The fraction of sp³-hybridized carbons (Fsp3) is 0.211. The molecule has 4 heteroatoms. The number of fused-ring (bicyclic) bond motifs is 1. The highest BCUT2D eigenvalue weighted by Gasteiger charge is 2.24. The Hall–Kier alpha value is -1.82. The Balaban J connectivity index is 1.91. The van der Waals surface area contributed by atoms with Crippen molar-refractivity contribution >= 4 is 28.4 Å². The highest BCUT2D eigenvalue weighted by molar-refractivity contribution is 14.1. The molecule has 0 unspecified atom stereocenters. The molecule has 0 spiro atoms. The molecule has 0 saturated heterocycles. The highest BCUT2D eigenvalue weighted by Crippen LogP contribution is 2.35. The summed E-state index contributed by atoms with van der Waals surface area (Å²) in [5.74, 6) is 1.15. The Morgan fingerprint density at radius 3 is 2.65 bits per heavy atom. The second kappa shape index (κ2) is 5.67. The van der Waals surface area contributed by atoms with E-state index in [0.717, 1.165) is 30.2 Å². The maximum Gasteiger partial charge on any atom is 0.133 e. The van der Waals surface area contributed by atoms with E-state index in [2.05, 4.69) is 88.9 Å². The Morgan fingerprint density at radius 2 is 1.87 bits per heavy atom. The van der Waals surface area contributed by atoms with Crippen molar-refractivity contribution in [3.05, 3.63) is 62.7 Å². The predicted octanol–water partition coefficient (Wildman–Crippen LogP) is 4.73. The van der Waals surface area contributed by atoms with E-state index >= 15 is 0 Å². The molecule has 23 heavy (non-hydrogen) atoms. The lowest BCUT2D eigenvalue weighted by Gasteiger charge is -2.11. The minimum atomic E-state index is 0.982. The molecule has 116 valence electrons. The van der Waals surface area contributed by atoms with Crippen molar-refractivity contribution in [2.75, 3.05) is 11.9 Å². The maximum absolute atomic E-state index is 4.96. The zero-order valence-electron chi connectivity index (χ0n) is 13.2. The van der Waals surface area contributed by atoms with E-state index in [-0.39, 0.29) is 0 Å². The number of aromatic nitrogens is 2. The maximum atomic E-state index is 4.96. The van der Waals surface area contributed by atoms with Crippen LogP contribution in [0.4, 0.5) is 5.82 Å². The van der Waals surface area contributed by atoms with Crippen LogP contribution in [0.5, 0.6) is 0 Å². The van der Waals surface area contributed by atoms with Crippen molar-refractivity contribution in [2.24, 2.45) is 0 Å². The number of benzene rings is 2. The summed E-state index contributed by atoms with van der Waals surface area (Å²) in [7, 11) is 0. The van der Waals surface area contributed by atoms with Gasteiger partial charge < -0.3 is 5.32 Å². The summed E-state index contributed by atoms with van der Waals surface area (Å²) in [6, 6.07) is 15.0. The summed E-state index contributed by atoms with van der Waals surface area (Å²) in [6.07, 6.45) is 1.03. The fourth-order valence-corrected chi connectivity index (χ4v) is 3.51. The van der Waals surface area contributed by atoms with Gasteiger partial charge >= 0.3 is 0 Å². The first kappa shape index (κ1) is 14.8. The largest absolute Gasteiger partial charge is 0.369 e. The van der Waals surface area contributed by atoms with Gasteiger partial charge in [0.2, 0.25) is 0 Å². The van der Waals surface area contributed by atoms with Crippen molar-refractivity contribution in [2.45, 2.75) is 20.3 Å². The van der Waals surface area contributed by atoms with Crippen molar-refractivity contribution in [3.8, 4) is 16.9 Å². The summed E-state index contributed by atoms with van der Waals surface area (Å²) < 4.78 is 3.33. The standard InChI is InChI=1S/C19H18IN3/c1-12-4-3-5-17(13(12)2)23-19-16(10-11-21-19)18(22-23)14-6-8-15(20)9-7-14/h3-9,21H,10-11H2,1-2H3. The molecular formula is C19H18IN3. The van der Waals surface area contributed by atoms with Crippen LogP contribution in [-0.4, -0.2) is 16.3 Å². The molecular weight excluding hydrogens is 397 g/mol. The summed E-state index contributed by atoms with van der Waals surface area (Å²) in [4.78, 5) is 0. The Bertz CT molecular complexity index is 878. The second-order valence-corrected chi connectivity index (χ2v) is 7.24. The van der Waals surface area contributed by atoms with E-state index in [9.17, 15) is 0 Å². The van der Waals surface area contributed by atoms with E-state index in [1.807, 2.05) is 0 Å². The number of halogens is 1. The lowest BCUT2D eigenvalue weighted by Crippen LogP contribution is -2.06. The van der Waals surface area contributed by atoms with Crippen LogP contribution < -0.4 is 5.32 Å². The highest BCUT2D eigenvalue weighted by atomic mass is 127. The minimum absolute atomic E-state index is 0.982. The first-order chi connectivity index (χ1) is 11.1. The fourth-order valence-electron chi connectivity index (χ4n) is 3.15. The normalized spacial score (nSPS) is 13.0. The topological polar surface area (TPSA) is 29.9 Å². The van der Waals surface area contributed by atoms with Gasteiger partial charge in [-0.2, -0.15) is 5.10 Å². The molecule has 1 aliphatic rings. The number of hydrogen-bond donors (Lipinski definition) is 1. The molecule has 3 aromatic rings. The molecule has 2 heterocycles. The van der Waals surface area contributed by atoms with Gasteiger partial charge in [-0.05, 0) is 72.2 Å². The summed E-state index contributed by atoms with van der Waals surface area (Å²) in [5.41, 5.74) is 7.34. The number of anilines is 1. The van der Waals surface area contributed by atoms with Crippen LogP contribution >= 0.6 is 22.6 Å². The quantitative estimate of drug-likeness (QED) is 0.614. The first-order valence-corrected chi connectivity index (χ1v) is 8.91. The summed E-state index contributed by atoms with van der Waals surface area (Å²) in [6.45, 7) is 5.30. The number of rotatable bonds is 2. The van der Waals surface area contributed by atoms with Crippen molar-refractivity contribution in [3.63, 3.8) is 0 Å². The van der Waals surface area contributed by atoms with Crippen LogP contribution in [0.25, 0.3) is 16.9 Å². The molecule has 0 bridgehead atoms. The molecule has 1 N–H and O–H groups in total. The number of hydrogen-bond acceptors (Lipinski definition) is 2. The lowest BCUT2D eigenvalue weighted by atomic mass is 10.1. The third kappa shape index (κ3) is 2.45. The predicted molar refractivity (Wildman–Crippen MR) is 103 cm³/mol. The van der Waals surface area contributed by atoms with E-state index in [4.69, 9.17) is 5.10 Å². The molecule has 3 nitrogen and oxygen atoms in total. The summed E-state index contributed by atoms with van der Waals surface area (Å²) in [5, 5.41) is 8.47. The molecule has 0 radical (unpaired) electrons. The SMILES string of the molecule is Cc1cccc(-n2nc(-c3ccc(I)cc3)c3c2NCC3)c1C. The van der Waals surface area contributed by atoms with E-state index < -0.39 is 0 Å². The number of nitrogens with zero attached hydrogens (tertiary/aromatic N) is 2. The van der Waals surface area contributed by atoms with Crippen molar-refractivity contribution in [1.82, 2.24) is 9.78 Å². The third-order valence-electron chi connectivity index (χ3n) is 4.57. The molecule has 1 aromatic heterocycles. The van der Waals surface area contributed by atoms with Gasteiger partial charge in [-0.15, -0.1) is 0 Å². The smallest absolute Gasteiger partial charge is 0.133 e. The average Bonchev–Trinajstić information content (AvgIpc) is 3.14. The van der Waals surface area contributed by atoms with Gasteiger partial charge in [0.1, 0.15) is 5.82 Å². The van der Waals surface area contributed by atoms with Crippen LogP contribution in [0.1, 0.15) is 16.7 Å². The number of aryl methyl sites for hydroxylation is 1. The van der Waals surface area contributed by atoms with Crippen LogP contribution in [0.3, 0.4) is 0 Å². The van der Waals surface area contributed by atoms with Gasteiger partial charge in [0.15, 0.2) is 0 Å². The lowest BCUT2D eigenvalue weighted by molar-refractivity contribution is 0.873. The molecule has 0 saturated carbocycles. The average molecular weight is 415 g/mol. The second-order valence-electron chi connectivity index (χ2n) is 5.99. The molecule has 4 rings (SSSR count). The van der Waals surface area contributed by atoms with Crippen LogP contribution in [0, 0.1) is 17.4 Å². The van der Waals surface area contributed by atoms with Gasteiger partial charge in [-0.3, -0.25) is 0 Å². The minimum Gasteiger partial charge on any atom is -0.369 e. The zero-order valence-corrected chi connectivity index (χ0v) is 15.4. The molecule has 1 aliphatic heterocycles. The monoisotopic (exact) mass is 415 g/mol. The van der Waals surface area contributed by atoms with Gasteiger partial charge in [0, 0.05) is 21.2 Å². The Labute approximate surface area is 149 Å². The molecule has 0 amide bonds. The van der Waals surface area contributed by atoms with Crippen molar-refractivity contribution < 1.29 is 0 Å². The van der Waals surface area contributed by atoms with Gasteiger partial charge in [0.25, 0.3) is 0 Å². The van der Waals surface area contributed by atoms with Gasteiger partial charge in [-0.1, -0.05) is 24.3 Å². The van der Waals surface area contributed by atoms with Crippen LogP contribution in [-0.2, 0) is 6.42 Å². The van der Waals surface area contributed by atoms with E-state index in [0.29, 0.717) is 0 Å². The molecule has 0 atom stereocenters. The van der Waals surface area contributed by atoms with Crippen molar-refractivity contribution in [1.29, 1.82) is 0 Å². The third-order valence-corrected chi connectivity index (χ3v) is 5.29. The summed E-state index contributed by atoms with van der Waals surface area (Å²) >= 11 is 2.34. The van der Waals surface area contributed by atoms with Crippen LogP contribution in [0.15, 0.2) is 42.5 Å². The Kier molecular flexibility index (Phi) is 3.64. The van der Waals surface area contributed by atoms with E-state index in [1.165, 1.54) is 25.8 Å². The first-order valence-electron chi connectivity index (χ1n) is 7.83. The molecule has 0 fully saturated rings. The zero-order chi connectivity index (χ0) is 16.0. The Morgan fingerprint density at radius 1 is 1.09 bits per heavy atom. The van der Waals surface area contributed by atoms with E-state index in [1.54, 1.807) is 0 Å². The number of nitrogens with one attached hydrogen (secondary N) is 1. The molecule has 2 aromatic carbocycles. The van der Waals surface area contributed by atoms with Gasteiger partial charge in [0.05, 0.1) is 11.4 Å². The van der Waals surface area contributed by atoms with Gasteiger partial charge in [-0.25, -0.2) is 4.68 Å². The van der Waals surface area contributed by atoms with Crippen LogP contribution in [0.2, 0.25) is 0 Å².